The van der Waals surface area contributed by atoms with Crippen molar-refractivity contribution < 1.29 is 9.59 Å². The Balaban J connectivity index is 1.53. The number of rotatable bonds is 7. The first-order chi connectivity index (χ1) is 20.8. The molecule has 6 rings (SSSR count). The van der Waals surface area contributed by atoms with Crippen molar-refractivity contribution in [1.29, 1.82) is 0 Å². The van der Waals surface area contributed by atoms with Gasteiger partial charge in [0.2, 0.25) is 0 Å². The van der Waals surface area contributed by atoms with Gasteiger partial charge in [-0.3, -0.25) is 9.59 Å². The third kappa shape index (κ3) is 4.54. The van der Waals surface area contributed by atoms with E-state index in [9.17, 15) is 9.59 Å². The van der Waals surface area contributed by atoms with Crippen LogP contribution in [-0.4, -0.2) is 12.1 Å². The summed E-state index contributed by atoms with van der Waals surface area (Å²) in [6.07, 6.45) is 5.30. The molecule has 43 heavy (non-hydrogen) atoms. The highest BCUT2D eigenvalue weighted by Crippen LogP contribution is 2.54. The van der Waals surface area contributed by atoms with Gasteiger partial charge in [-0.05, 0) is 75.7 Å². The first-order valence-electron chi connectivity index (χ1n) is 14.4. The number of aldehydes is 1. The van der Waals surface area contributed by atoms with Crippen LogP contribution in [0.3, 0.4) is 0 Å². The van der Waals surface area contributed by atoms with E-state index < -0.39 is 0 Å². The van der Waals surface area contributed by atoms with Crippen molar-refractivity contribution in [3.63, 3.8) is 0 Å². The van der Waals surface area contributed by atoms with Gasteiger partial charge in [-0.25, -0.2) is 0 Å². The maximum atomic E-state index is 13.1. The number of hydrogen-bond acceptors (Lipinski definition) is 3. The van der Waals surface area contributed by atoms with E-state index in [1.165, 1.54) is 45.1 Å². The first kappa shape index (κ1) is 27.9. The molecule has 0 spiro atoms. The summed E-state index contributed by atoms with van der Waals surface area (Å²) in [6, 6.07) is 34.4. The van der Waals surface area contributed by atoms with Gasteiger partial charge < -0.3 is 4.90 Å². The number of allylic oxidation sites excluding steroid dienone is 5. The lowest BCUT2D eigenvalue weighted by molar-refractivity contribution is -0.112. The van der Waals surface area contributed by atoms with Gasteiger partial charge in [-0.1, -0.05) is 112 Å². The van der Waals surface area contributed by atoms with Gasteiger partial charge in [-0.15, -0.1) is 0 Å². The molecule has 210 valence electrons. The van der Waals surface area contributed by atoms with Crippen molar-refractivity contribution in [3.05, 3.63) is 156 Å². The van der Waals surface area contributed by atoms with Crippen molar-refractivity contribution in [2.45, 2.75) is 26.2 Å². The molecule has 0 fully saturated rings. The number of anilines is 3. The number of para-hydroxylation sites is 1. The second-order valence-electron chi connectivity index (χ2n) is 11.5. The van der Waals surface area contributed by atoms with Gasteiger partial charge in [0, 0.05) is 21.9 Å². The molecular formula is C40H33NO2. The van der Waals surface area contributed by atoms with Crippen LogP contribution < -0.4 is 4.90 Å². The van der Waals surface area contributed by atoms with Crippen molar-refractivity contribution in [2.24, 2.45) is 0 Å². The summed E-state index contributed by atoms with van der Waals surface area (Å²) in [7, 11) is 0. The Hall–Kier alpha value is -5.28. The minimum atomic E-state index is -0.255. The summed E-state index contributed by atoms with van der Waals surface area (Å²) in [5.74, 6) is -0.244. The average Bonchev–Trinajstić information content (AvgIpc) is 3.03. The van der Waals surface area contributed by atoms with E-state index in [0.717, 1.165) is 22.3 Å². The quantitative estimate of drug-likeness (QED) is 0.113. The van der Waals surface area contributed by atoms with Gasteiger partial charge in [0.1, 0.15) is 0 Å². The highest BCUT2D eigenvalue weighted by atomic mass is 16.1. The summed E-state index contributed by atoms with van der Waals surface area (Å²) < 4.78 is 0. The van der Waals surface area contributed by atoms with Crippen molar-refractivity contribution in [2.75, 3.05) is 4.90 Å². The van der Waals surface area contributed by atoms with Gasteiger partial charge in [0.05, 0.1) is 17.1 Å². The van der Waals surface area contributed by atoms with E-state index in [0.29, 0.717) is 11.9 Å². The van der Waals surface area contributed by atoms with Crippen molar-refractivity contribution in [3.8, 4) is 0 Å². The maximum absolute atomic E-state index is 13.1. The summed E-state index contributed by atoms with van der Waals surface area (Å²) >= 11 is 0. The van der Waals surface area contributed by atoms with Crippen LogP contribution >= 0.6 is 0 Å². The first-order valence-corrected chi connectivity index (χ1v) is 14.4. The Morgan fingerprint density at radius 1 is 0.744 bits per heavy atom. The second kappa shape index (κ2) is 10.8. The largest absolute Gasteiger partial charge is 0.309 e. The number of ketones is 1. The summed E-state index contributed by atoms with van der Waals surface area (Å²) in [5.41, 5.74) is 7.68. The number of fused-ring (bicyclic) bond motifs is 5. The third-order valence-corrected chi connectivity index (χ3v) is 8.56. The van der Waals surface area contributed by atoms with Gasteiger partial charge in [0.15, 0.2) is 12.1 Å². The Morgan fingerprint density at radius 3 is 2.23 bits per heavy atom. The fourth-order valence-corrected chi connectivity index (χ4v) is 6.49. The molecule has 1 aliphatic heterocycles. The molecule has 1 heterocycles. The number of hydrogen-bond donors (Lipinski definition) is 0. The number of carbonyl (C=O) groups excluding carboxylic acids is 2. The van der Waals surface area contributed by atoms with Crippen molar-refractivity contribution in [1.82, 2.24) is 0 Å². The number of carbonyl (C=O) groups is 2. The van der Waals surface area contributed by atoms with E-state index in [1.807, 2.05) is 6.08 Å². The summed E-state index contributed by atoms with van der Waals surface area (Å²) in [5, 5.41) is 4.67. The van der Waals surface area contributed by atoms with Crippen LogP contribution in [0.4, 0.5) is 17.1 Å². The molecular weight excluding hydrogens is 526 g/mol. The molecule has 0 atom stereocenters. The lowest BCUT2D eigenvalue weighted by Gasteiger charge is -2.43. The molecule has 0 unspecified atom stereocenters. The molecule has 3 heteroatoms. The Labute approximate surface area is 252 Å². The lowest BCUT2D eigenvalue weighted by atomic mass is 9.71. The molecule has 0 aromatic heterocycles. The van der Waals surface area contributed by atoms with E-state index in [1.54, 1.807) is 6.92 Å². The van der Waals surface area contributed by atoms with Gasteiger partial charge >= 0.3 is 0 Å². The number of nitrogens with zero attached hydrogens (tertiary/aromatic N) is 1. The average molecular weight is 560 g/mol. The van der Waals surface area contributed by atoms with Crippen LogP contribution in [0.15, 0.2) is 139 Å². The minimum Gasteiger partial charge on any atom is -0.309 e. The molecule has 5 aromatic rings. The molecule has 0 radical (unpaired) electrons. The molecule has 0 N–H and O–H groups in total. The van der Waals surface area contributed by atoms with Crippen LogP contribution in [0.2, 0.25) is 0 Å². The second-order valence-corrected chi connectivity index (χ2v) is 11.5. The van der Waals surface area contributed by atoms with Crippen LogP contribution in [0.1, 0.15) is 37.5 Å². The highest BCUT2D eigenvalue weighted by Gasteiger charge is 2.38. The molecule has 3 nitrogen and oxygen atoms in total. The molecule has 0 saturated heterocycles. The fraction of sp³-hybridized carbons (Fsp3) is 0.100. The SMILES string of the molecule is C=C/C(C=O)=C(\C=C)C(=O)C(C)=Cc1ccc2c3c(ccc2c1)N(c1cccc2ccccc12)c1ccccc1C3(C)C. The zero-order chi connectivity index (χ0) is 30.3. The molecule has 0 saturated carbocycles. The predicted octanol–water partition coefficient (Wildman–Crippen LogP) is 9.94. The van der Waals surface area contributed by atoms with Gasteiger partial charge in [-0.2, -0.15) is 0 Å². The third-order valence-electron chi connectivity index (χ3n) is 8.56. The zero-order valence-corrected chi connectivity index (χ0v) is 24.7. The van der Waals surface area contributed by atoms with Crippen LogP contribution in [0.25, 0.3) is 27.6 Å². The van der Waals surface area contributed by atoms with E-state index in [4.69, 9.17) is 0 Å². The number of Topliss-reactive ketones (excluding diaryl/α,β-unsaturated/α-hetero) is 1. The number of benzene rings is 5. The topological polar surface area (TPSA) is 37.4 Å². The molecule has 0 aliphatic carbocycles. The summed E-state index contributed by atoms with van der Waals surface area (Å²) in [6.45, 7) is 13.7. The van der Waals surface area contributed by atoms with E-state index >= 15 is 0 Å². The monoisotopic (exact) mass is 559 g/mol. The van der Waals surface area contributed by atoms with Crippen LogP contribution in [0.5, 0.6) is 0 Å². The minimum absolute atomic E-state index is 0.233. The van der Waals surface area contributed by atoms with Crippen LogP contribution in [0, 0.1) is 0 Å². The predicted molar refractivity (Wildman–Crippen MR) is 180 cm³/mol. The molecule has 0 bridgehead atoms. The maximum Gasteiger partial charge on any atom is 0.189 e. The fourth-order valence-electron chi connectivity index (χ4n) is 6.49. The Bertz CT molecular complexity index is 2020. The van der Waals surface area contributed by atoms with Crippen LogP contribution in [-0.2, 0) is 15.0 Å². The standard InChI is InChI=1S/C40H33NO2/c1-6-28(25-42)31(7-2)39(43)26(3)23-27-19-21-33-30(24-27)20-22-37-38(33)40(4,5)34-16-10-11-17-36(34)41(37)35-18-12-14-29-13-8-9-15-32(29)35/h6-25H,1-2H2,3-5H3/b26-23?,31-28-. The molecule has 0 amide bonds. The molecule has 5 aromatic carbocycles. The Morgan fingerprint density at radius 2 is 1.47 bits per heavy atom. The van der Waals surface area contributed by atoms with E-state index in [2.05, 4.69) is 129 Å². The Kier molecular flexibility index (Phi) is 7.03. The summed E-state index contributed by atoms with van der Waals surface area (Å²) in [4.78, 5) is 27.0. The van der Waals surface area contributed by atoms with Gasteiger partial charge in [0.25, 0.3) is 0 Å². The van der Waals surface area contributed by atoms with Crippen molar-refractivity contribution >= 4 is 56.8 Å². The normalized spacial score (nSPS) is 14.5. The zero-order valence-electron chi connectivity index (χ0n) is 24.7. The molecule has 1 aliphatic rings. The van der Waals surface area contributed by atoms with E-state index in [-0.39, 0.29) is 22.3 Å². The smallest absolute Gasteiger partial charge is 0.189 e. The highest BCUT2D eigenvalue weighted by molar-refractivity contribution is 6.15. The lowest BCUT2D eigenvalue weighted by Crippen LogP contribution is -2.31.